The predicted molar refractivity (Wildman–Crippen MR) is 80.4 cm³/mol. The van der Waals surface area contributed by atoms with Crippen LogP contribution in [0.4, 0.5) is 18.9 Å². The summed E-state index contributed by atoms with van der Waals surface area (Å²) in [6.07, 6.45) is -3.62. The fourth-order valence-electron chi connectivity index (χ4n) is 2.85. The Balaban J connectivity index is 1.70. The third-order valence-electron chi connectivity index (χ3n) is 4.11. The summed E-state index contributed by atoms with van der Waals surface area (Å²) < 4.78 is 43.6. The summed E-state index contributed by atoms with van der Waals surface area (Å²) >= 11 is 0. The summed E-state index contributed by atoms with van der Waals surface area (Å²) in [5.41, 5.74) is 0.309. The van der Waals surface area contributed by atoms with Crippen LogP contribution in [0, 0.1) is 16.0 Å². The highest BCUT2D eigenvalue weighted by Crippen LogP contribution is 2.33. The van der Waals surface area contributed by atoms with Crippen LogP contribution in [0.15, 0.2) is 28.8 Å². The van der Waals surface area contributed by atoms with Crippen LogP contribution in [0.5, 0.6) is 0 Å². The monoisotopic (exact) mass is 356 g/mol. The smallest absolute Gasteiger partial charge is 0.338 e. The molecule has 1 aromatic carbocycles. The molecule has 1 aromatic heterocycles. The Morgan fingerprint density at radius 3 is 2.92 bits per heavy atom. The van der Waals surface area contributed by atoms with Gasteiger partial charge in [0.25, 0.3) is 5.69 Å². The molecular weight excluding hydrogens is 341 g/mol. The highest BCUT2D eigenvalue weighted by Gasteiger charge is 2.41. The maximum atomic E-state index is 12.8. The van der Waals surface area contributed by atoms with E-state index in [0.717, 1.165) is 0 Å². The van der Waals surface area contributed by atoms with Crippen LogP contribution in [-0.4, -0.2) is 39.2 Å². The highest BCUT2D eigenvalue weighted by atomic mass is 19.4. The minimum Gasteiger partial charge on any atom is -0.338 e. The largest absolute Gasteiger partial charge is 0.393 e. The standard InChI is InChI=1S/C15H15F3N4O3/c16-15(17,18)11-4-2-6-21(8-11)9-13-19-14(20-25-13)10-3-1-5-12(7-10)22(23)24/h1,3,5,7,11H,2,4,6,8-9H2/t11-/m0/s1. The minimum atomic E-state index is -4.21. The van der Waals surface area contributed by atoms with Crippen LogP contribution in [0.1, 0.15) is 18.7 Å². The summed E-state index contributed by atoms with van der Waals surface area (Å²) in [5.74, 6) is -0.993. The normalized spacial score (nSPS) is 19.1. The molecule has 2 heterocycles. The molecule has 1 aliphatic rings. The van der Waals surface area contributed by atoms with Gasteiger partial charge >= 0.3 is 6.18 Å². The second-order valence-corrected chi connectivity index (χ2v) is 5.94. The lowest BCUT2D eigenvalue weighted by Gasteiger charge is -2.32. The van der Waals surface area contributed by atoms with E-state index < -0.39 is 17.0 Å². The van der Waals surface area contributed by atoms with Crippen LogP contribution in [0.25, 0.3) is 11.4 Å². The van der Waals surface area contributed by atoms with Crippen LogP contribution in [0.3, 0.4) is 0 Å². The van der Waals surface area contributed by atoms with Crippen molar-refractivity contribution in [1.29, 1.82) is 0 Å². The molecule has 1 atom stereocenters. The number of nitrogens with zero attached hydrogens (tertiary/aromatic N) is 4. The molecular formula is C15H15F3N4O3. The number of likely N-dealkylation sites (tertiary alicyclic amines) is 1. The SMILES string of the molecule is O=[N+]([O-])c1cccc(-c2noc(CN3CCC[C@H](C(F)(F)F)C3)n2)c1. The quantitative estimate of drug-likeness (QED) is 0.616. The molecule has 134 valence electrons. The van der Waals surface area contributed by atoms with Crippen LogP contribution < -0.4 is 0 Å². The van der Waals surface area contributed by atoms with Gasteiger partial charge in [-0.1, -0.05) is 17.3 Å². The first-order valence-electron chi connectivity index (χ1n) is 7.69. The molecule has 2 aromatic rings. The molecule has 0 bridgehead atoms. The topological polar surface area (TPSA) is 85.3 Å². The van der Waals surface area contributed by atoms with Gasteiger partial charge in [-0.2, -0.15) is 18.2 Å². The minimum absolute atomic E-state index is 0.0992. The van der Waals surface area contributed by atoms with Gasteiger partial charge < -0.3 is 4.52 Å². The summed E-state index contributed by atoms with van der Waals surface area (Å²) in [6.45, 7) is 0.549. The van der Waals surface area contributed by atoms with E-state index in [-0.39, 0.29) is 36.9 Å². The van der Waals surface area contributed by atoms with E-state index in [1.807, 2.05) is 0 Å². The molecule has 0 radical (unpaired) electrons. The molecule has 0 aliphatic carbocycles. The predicted octanol–water partition coefficient (Wildman–Crippen LogP) is 3.42. The summed E-state index contributed by atoms with van der Waals surface area (Å²) in [4.78, 5) is 16.0. The molecule has 3 rings (SSSR count). The number of rotatable bonds is 4. The van der Waals surface area contributed by atoms with E-state index in [0.29, 0.717) is 18.5 Å². The molecule has 7 nitrogen and oxygen atoms in total. The van der Waals surface area contributed by atoms with E-state index in [9.17, 15) is 23.3 Å². The van der Waals surface area contributed by atoms with E-state index >= 15 is 0 Å². The Morgan fingerprint density at radius 1 is 1.40 bits per heavy atom. The average molecular weight is 356 g/mol. The first-order chi connectivity index (χ1) is 11.8. The third kappa shape index (κ3) is 4.13. The van der Waals surface area contributed by atoms with E-state index in [1.165, 1.54) is 18.2 Å². The number of alkyl halides is 3. The number of non-ortho nitro benzene ring substituents is 1. The lowest BCUT2D eigenvalue weighted by Crippen LogP contribution is -2.41. The first kappa shape index (κ1) is 17.3. The molecule has 0 spiro atoms. The first-order valence-corrected chi connectivity index (χ1v) is 7.69. The summed E-state index contributed by atoms with van der Waals surface area (Å²) in [7, 11) is 0. The maximum Gasteiger partial charge on any atom is 0.393 e. The number of benzene rings is 1. The lowest BCUT2D eigenvalue weighted by atomic mass is 9.97. The second kappa shape index (κ2) is 6.79. The number of aromatic nitrogens is 2. The van der Waals surface area contributed by atoms with Crippen molar-refractivity contribution < 1.29 is 22.6 Å². The Morgan fingerprint density at radius 2 is 2.20 bits per heavy atom. The van der Waals surface area contributed by atoms with E-state index in [1.54, 1.807) is 11.0 Å². The van der Waals surface area contributed by atoms with Gasteiger partial charge in [0.05, 0.1) is 17.4 Å². The lowest BCUT2D eigenvalue weighted by molar-refractivity contribution is -0.384. The van der Waals surface area contributed by atoms with Crippen LogP contribution >= 0.6 is 0 Å². The molecule has 1 fully saturated rings. The Hall–Kier alpha value is -2.49. The van der Waals surface area contributed by atoms with Crippen molar-refractivity contribution in [3.63, 3.8) is 0 Å². The number of piperidine rings is 1. The van der Waals surface area contributed by atoms with Gasteiger partial charge in [0.1, 0.15) is 0 Å². The second-order valence-electron chi connectivity index (χ2n) is 5.94. The van der Waals surface area contributed by atoms with Gasteiger partial charge in [0.2, 0.25) is 11.7 Å². The maximum absolute atomic E-state index is 12.8. The van der Waals surface area contributed by atoms with Crippen molar-refractivity contribution in [2.45, 2.75) is 25.6 Å². The number of hydrogen-bond acceptors (Lipinski definition) is 6. The fourth-order valence-corrected chi connectivity index (χ4v) is 2.85. The van der Waals surface area contributed by atoms with Gasteiger partial charge in [-0.05, 0) is 19.4 Å². The van der Waals surface area contributed by atoms with Crippen molar-refractivity contribution in [2.24, 2.45) is 5.92 Å². The molecule has 0 amide bonds. The Labute approximate surface area is 140 Å². The number of nitro groups is 1. The molecule has 0 unspecified atom stereocenters. The number of nitro benzene ring substituents is 1. The van der Waals surface area contributed by atoms with Crippen molar-refractivity contribution in [3.05, 3.63) is 40.3 Å². The zero-order chi connectivity index (χ0) is 18.0. The van der Waals surface area contributed by atoms with Gasteiger partial charge in [0.15, 0.2) is 0 Å². The van der Waals surface area contributed by atoms with Gasteiger partial charge in [0, 0.05) is 24.2 Å². The molecule has 1 aliphatic heterocycles. The summed E-state index contributed by atoms with van der Waals surface area (Å²) in [6, 6.07) is 5.76. The zero-order valence-corrected chi connectivity index (χ0v) is 13.1. The average Bonchev–Trinajstić information content (AvgIpc) is 3.03. The van der Waals surface area contributed by atoms with Gasteiger partial charge in [-0.15, -0.1) is 0 Å². The summed E-state index contributed by atoms with van der Waals surface area (Å²) in [5, 5.41) is 14.6. The van der Waals surface area contributed by atoms with E-state index in [4.69, 9.17) is 4.52 Å². The van der Waals surface area contributed by atoms with E-state index in [2.05, 4.69) is 10.1 Å². The van der Waals surface area contributed by atoms with Crippen molar-refractivity contribution in [3.8, 4) is 11.4 Å². The van der Waals surface area contributed by atoms with Crippen LogP contribution in [-0.2, 0) is 6.54 Å². The number of hydrogen-bond donors (Lipinski definition) is 0. The highest BCUT2D eigenvalue weighted by molar-refractivity contribution is 5.58. The molecule has 0 saturated carbocycles. The van der Waals surface area contributed by atoms with Gasteiger partial charge in [-0.25, -0.2) is 0 Å². The fraction of sp³-hybridized carbons (Fsp3) is 0.467. The third-order valence-corrected chi connectivity index (χ3v) is 4.11. The van der Waals surface area contributed by atoms with Crippen molar-refractivity contribution >= 4 is 5.69 Å². The molecule has 10 heteroatoms. The zero-order valence-electron chi connectivity index (χ0n) is 13.1. The Bertz CT molecular complexity index is 762. The Kier molecular flexibility index (Phi) is 4.71. The molecule has 25 heavy (non-hydrogen) atoms. The van der Waals surface area contributed by atoms with Gasteiger partial charge in [-0.3, -0.25) is 15.0 Å². The number of halogens is 3. The van der Waals surface area contributed by atoms with Crippen molar-refractivity contribution in [2.75, 3.05) is 13.1 Å². The van der Waals surface area contributed by atoms with Crippen molar-refractivity contribution in [1.82, 2.24) is 15.0 Å². The van der Waals surface area contributed by atoms with Crippen LogP contribution in [0.2, 0.25) is 0 Å². The molecule has 1 saturated heterocycles. The molecule has 0 N–H and O–H groups in total.